The Morgan fingerprint density at radius 3 is 3.00 bits per heavy atom. The average molecular weight is 219 g/mol. The molecule has 0 aliphatic rings. The standard InChI is InChI=1S/C9H12ClFN2O/c1-2-3-4-5-14-8-7(11)6-12-9(10)13-8/h6H,2-5H2,1H3. The average Bonchev–Trinajstić information content (AvgIpc) is 2.18. The van der Waals surface area contributed by atoms with Crippen LogP contribution in [0.3, 0.4) is 0 Å². The van der Waals surface area contributed by atoms with Crippen molar-refractivity contribution in [2.75, 3.05) is 6.61 Å². The summed E-state index contributed by atoms with van der Waals surface area (Å²) in [5.41, 5.74) is 0. The fourth-order valence-corrected chi connectivity index (χ4v) is 1.08. The van der Waals surface area contributed by atoms with Crippen LogP contribution < -0.4 is 4.74 Å². The summed E-state index contributed by atoms with van der Waals surface area (Å²) in [4.78, 5) is 7.11. The van der Waals surface area contributed by atoms with Crippen molar-refractivity contribution in [3.63, 3.8) is 0 Å². The molecule has 0 unspecified atom stereocenters. The van der Waals surface area contributed by atoms with Crippen molar-refractivity contribution in [1.29, 1.82) is 0 Å². The minimum atomic E-state index is -0.578. The van der Waals surface area contributed by atoms with Gasteiger partial charge in [0.1, 0.15) is 0 Å². The summed E-state index contributed by atoms with van der Waals surface area (Å²) in [6.45, 7) is 2.54. The van der Waals surface area contributed by atoms with E-state index in [-0.39, 0.29) is 11.2 Å². The molecule has 1 rings (SSSR count). The lowest BCUT2D eigenvalue weighted by molar-refractivity contribution is 0.278. The van der Waals surface area contributed by atoms with Gasteiger partial charge in [0.15, 0.2) is 0 Å². The summed E-state index contributed by atoms with van der Waals surface area (Å²) in [6.07, 6.45) is 4.04. The van der Waals surface area contributed by atoms with E-state index in [0.717, 1.165) is 25.5 Å². The van der Waals surface area contributed by atoms with Gasteiger partial charge in [-0.05, 0) is 18.0 Å². The number of hydrogen-bond acceptors (Lipinski definition) is 3. The molecule has 0 atom stereocenters. The maximum atomic E-state index is 13.0. The minimum Gasteiger partial charge on any atom is -0.475 e. The molecule has 0 bridgehead atoms. The van der Waals surface area contributed by atoms with Gasteiger partial charge in [0, 0.05) is 0 Å². The van der Waals surface area contributed by atoms with Crippen LogP contribution in [0.1, 0.15) is 26.2 Å². The normalized spacial score (nSPS) is 10.2. The van der Waals surface area contributed by atoms with Gasteiger partial charge in [-0.2, -0.15) is 9.37 Å². The second-order valence-electron chi connectivity index (χ2n) is 2.85. The third-order valence-electron chi connectivity index (χ3n) is 1.67. The van der Waals surface area contributed by atoms with Gasteiger partial charge in [0.05, 0.1) is 12.8 Å². The van der Waals surface area contributed by atoms with Crippen LogP contribution in [0.25, 0.3) is 0 Å². The molecule has 0 N–H and O–H groups in total. The molecule has 14 heavy (non-hydrogen) atoms. The molecule has 0 aliphatic carbocycles. The first-order chi connectivity index (χ1) is 6.74. The van der Waals surface area contributed by atoms with Gasteiger partial charge in [-0.25, -0.2) is 4.98 Å². The lowest BCUT2D eigenvalue weighted by Gasteiger charge is -2.04. The summed E-state index contributed by atoms with van der Waals surface area (Å²) in [7, 11) is 0. The third-order valence-corrected chi connectivity index (χ3v) is 1.85. The number of rotatable bonds is 5. The monoisotopic (exact) mass is 218 g/mol. The zero-order valence-corrected chi connectivity index (χ0v) is 8.72. The molecule has 0 aliphatic heterocycles. The first-order valence-electron chi connectivity index (χ1n) is 4.55. The molecule has 1 aromatic heterocycles. The maximum absolute atomic E-state index is 13.0. The summed E-state index contributed by atoms with van der Waals surface area (Å²) < 4.78 is 18.1. The topological polar surface area (TPSA) is 35.0 Å². The Kier molecular flexibility index (Phi) is 4.59. The van der Waals surface area contributed by atoms with Crippen LogP contribution in [0.5, 0.6) is 5.88 Å². The molecule has 0 radical (unpaired) electrons. The molecule has 5 heteroatoms. The summed E-state index contributed by atoms with van der Waals surface area (Å²) in [6, 6.07) is 0. The van der Waals surface area contributed by atoms with Crippen molar-refractivity contribution >= 4 is 11.6 Å². The van der Waals surface area contributed by atoms with Gasteiger partial charge in [-0.15, -0.1) is 0 Å². The Balaban J connectivity index is 2.45. The minimum absolute atomic E-state index is 0.00288. The van der Waals surface area contributed by atoms with E-state index in [2.05, 4.69) is 16.9 Å². The Labute approximate surface area is 87.3 Å². The van der Waals surface area contributed by atoms with E-state index in [1.54, 1.807) is 0 Å². The summed E-state index contributed by atoms with van der Waals surface area (Å²) in [5.74, 6) is -0.646. The highest BCUT2D eigenvalue weighted by Crippen LogP contribution is 2.14. The van der Waals surface area contributed by atoms with E-state index in [1.807, 2.05) is 0 Å². The highest BCUT2D eigenvalue weighted by atomic mass is 35.5. The highest BCUT2D eigenvalue weighted by molar-refractivity contribution is 6.28. The number of ether oxygens (including phenoxy) is 1. The van der Waals surface area contributed by atoms with E-state index in [1.165, 1.54) is 0 Å². The third kappa shape index (κ3) is 3.46. The van der Waals surface area contributed by atoms with Gasteiger partial charge in [0.25, 0.3) is 5.88 Å². The first kappa shape index (κ1) is 11.2. The number of nitrogens with zero attached hydrogens (tertiary/aromatic N) is 2. The van der Waals surface area contributed by atoms with Crippen LogP contribution in [0.2, 0.25) is 5.28 Å². The van der Waals surface area contributed by atoms with Crippen LogP contribution >= 0.6 is 11.6 Å². The first-order valence-corrected chi connectivity index (χ1v) is 4.92. The van der Waals surface area contributed by atoms with E-state index < -0.39 is 5.82 Å². The lowest BCUT2D eigenvalue weighted by atomic mass is 10.3. The number of aromatic nitrogens is 2. The number of halogens is 2. The van der Waals surface area contributed by atoms with E-state index >= 15 is 0 Å². The quantitative estimate of drug-likeness (QED) is 0.563. The fraction of sp³-hybridized carbons (Fsp3) is 0.556. The Morgan fingerprint density at radius 1 is 1.50 bits per heavy atom. The number of unbranched alkanes of at least 4 members (excludes halogenated alkanes) is 2. The SMILES string of the molecule is CCCCCOc1nc(Cl)ncc1F. The number of hydrogen-bond donors (Lipinski definition) is 0. The molecule has 1 aromatic rings. The van der Waals surface area contributed by atoms with Crippen molar-refractivity contribution in [3.05, 3.63) is 17.3 Å². The van der Waals surface area contributed by atoms with Crippen molar-refractivity contribution in [1.82, 2.24) is 9.97 Å². The van der Waals surface area contributed by atoms with Gasteiger partial charge in [0.2, 0.25) is 11.1 Å². The second-order valence-corrected chi connectivity index (χ2v) is 3.19. The molecule has 0 saturated carbocycles. The van der Waals surface area contributed by atoms with Gasteiger partial charge < -0.3 is 4.74 Å². The van der Waals surface area contributed by atoms with Crippen LogP contribution in [-0.4, -0.2) is 16.6 Å². The van der Waals surface area contributed by atoms with Gasteiger partial charge in [-0.1, -0.05) is 19.8 Å². The van der Waals surface area contributed by atoms with Crippen molar-refractivity contribution < 1.29 is 9.13 Å². The Bertz CT molecular complexity index is 296. The van der Waals surface area contributed by atoms with Crippen LogP contribution in [0, 0.1) is 5.82 Å². The predicted octanol–water partition coefficient (Wildman–Crippen LogP) is 2.84. The molecule has 1 heterocycles. The van der Waals surface area contributed by atoms with Crippen LogP contribution in [0.15, 0.2) is 6.20 Å². The van der Waals surface area contributed by atoms with Crippen molar-refractivity contribution in [2.24, 2.45) is 0 Å². The molecule has 3 nitrogen and oxygen atoms in total. The largest absolute Gasteiger partial charge is 0.475 e. The second kappa shape index (κ2) is 5.75. The van der Waals surface area contributed by atoms with Crippen molar-refractivity contribution in [3.8, 4) is 5.88 Å². The van der Waals surface area contributed by atoms with E-state index in [0.29, 0.717) is 6.61 Å². The molecule has 0 spiro atoms. The van der Waals surface area contributed by atoms with Crippen LogP contribution in [0.4, 0.5) is 4.39 Å². The zero-order chi connectivity index (χ0) is 10.4. The Hall–Kier alpha value is -0.900. The van der Waals surface area contributed by atoms with E-state index in [9.17, 15) is 4.39 Å². The molecular weight excluding hydrogens is 207 g/mol. The molecule has 0 aromatic carbocycles. The van der Waals surface area contributed by atoms with Gasteiger partial charge in [-0.3, -0.25) is 0 Å². The predicted molar refractivity (Wildman–Crippen MR) is 52.0 cm³/mol. The molecule has 0 fully saturated rings. The van der Waals surface area contributed by atoms with Crippen molar-refractivity contribution in [2.45, 2.75) is 26.2 Å². The lowest BCUT2D eigenvalue weighted by Crippen LogP contribution is -2.02. The maximum Gasteiger partial charge on any atom is 0.254 e. The molecule has 0 saturated heterocycles. The summed E-state index contributed by atoms with van der Waals surface area (Å²) in [5, 5.41) is -0.00288. The molecule has 0 amide bonds. The highest BCUT2D eigenvalue weighted by Gasteiger charge is 2.06. The zero-order valence-electron chi connectivity index (χ0n) is 7.96. The van der Waals surface area contributed by atoms with Crippen LogP contribution in [-0.2, 0) is 0 Å². The van der Waals surface area contributed by atoms with E-state index in [4.69, 9.17) is 16.3 Å². The Morgan fingerprint density at radius 2 is 2.29 bits per heavy atom. The fourth-order valence-electron chi connectivity index (χ4n) is 0.953. The summed E-state index contributed by atoms with van der Waals surface area (Å²) >= 11 is 5.49. The smallest absolute Gasteiger partial charge is 0.254 e. The molecule has 78 valence electrons. The molecular formula is C9H12ClFN2O. The van der Waals surface area contributed by atoms with Gasteiger partial charge >= 0.3 is 0 Å².